The number of hydrogen-bond acceptors (Lipinski definition) is 2. The average Bonchev–Trinajstić information content (AvgIpc) is 2.56. The third-order valence-electron chi connectivity index (χ3n) is 2.74. The molecule has 0 atom stereocenters. The Balaban J connectivity index is 2.28. The number of hydrogen-bond donors (Lipinski definition) is 1. The quantitative estimate of drug-likeness (QED) is 0.859. The molecule has 0 radical (unpaired) electrons. The van der Waals surface area contributed by atoms with E-state index >= 15 is 0 Å². The summed E-state index contributed by atoms with van der Waals surface area (Å²) in [6, 6.07) is 6.30. The molecule has 86 valence electrons. The van der Waals surface area contributed by atoms with E-state index in [1.807, 2.05) is 24.7 Å². The highest BCUT2D eigenvalue weighted by Gasteiger charge is 2.13. The number of aryl methyl sites for hydroxylation is 2. The number of fused-ring (bicyclic) bond motifs is 1. The Morgan fingerprint density at radius 1 is 1.38 bits per heavy atom. The largest absolute Gasteiger partial charge is 0.390 e. The average molecular weight is 218 g/mol. The SMILES string of the molecule is Cc1ccc2cnn(CCC(C)(C)O)c2c1. The zero-order valence-corrected chi connectivity index (χ0v) is 10.1. The van der Waals surface area contributed by atoms with E-state index in [1.165, 1.54) is 5.56 Å². The lowest BCUT2D eigenvalue weighted by atomic mass is 10.1. The molecule has 1 aromatic heterocycles. The monoisotopic (exact) mass is 218 g/mol. The molecule has 16 heavy (non-hydrogen) atoms. The minimum Gasteiger partial charge on any atom is -0.390 e. The lowest BCUT2D eigenvalue weighted by Crippen LogP contribution is -2.21. The molecular weight excluding hydrogens is 200 g/mol. The van der Waals surface area contributed by atoms with Gasteiger partial charge in [-0.1, -0.05) is 12.1 Å². The number of rotatable bonds is 3. The molecule has 0 bridgehead atoms. The highest BCUT2D eigenvalue weighted by molar-refractivity contribution is 5.79. The second-order valence-electron chi connectivity index (χ2n) is 4.99. The van der Waals surface area contributed by atoms with Gasteiger partial charge in [0, 0.05) is 11.9 Å². The zero-order valence-electron chi connectivity index (χ0n) is 10.1. The Kier molecular flexibility index (Phi) is 2.72. The maximum absolute atomic E-state index is 9.70. The topological polar surface area (TPSA) is 38.0 Å². The minimum atomic E-state index is -0.637. The van der Waals surface area contributed by atoms with Crippen LogP contribution in [0.3, 0.4) is 0 Å². The van der Waals surface area contributed by atoms with Crippen LogP contribution in [0, 0.1) is 6.92 Å². The molecule has 3 heteroatoms. The fraction of sp³-hybridized carbons (Fsp3) is 0.462. The fourth-order valence-corrected chi connectivity index (χ4v) is 1.74. The summed E-state index contributed by atoms with van der Waals surface area (Å²) in [7, 11) is 0. The lowest BCUT2D eigenvalue weighted by Gasteiger charge is -2.16. The first-order chi connectivity index (χ1) is 7.46. The Bertz CT molecular complexity index is 494. The second-order valence-corrected chi connectivity index (χ2v) is 4.99. The van der Waals surface area contributed by atoms with E-state index in [4.69, 9.17) is 0 Å². The van der Waals surface area contributed by atoms with Gasteiger partial charge in [-0.2, -0.15) is 5.10 Å². The molecule has 0 aliphatic heterocycles. The molecule has 0 saturated heterocycles. The maximum Gasteiger partial charge on any atom is 0.0685 e. The second kappa shape index (κ2) is 3.91. The summed E-state index contributed by atoms with van der Waals surface area (Å²) in [4.78, 5) is 0. The van der Waals surface area contributed by atoms with Gasteiger partial charge < -0.3 is 5.11 Å². The summed E-state index contributed by atoms with van der Waals surface area (Å²) < 4.78 is 1.96. The van der Waals surface area contributed by atoms with Crippen molar-refractivity contribution < 1.29 is 5.11 Å². The summed E-state index contributed by atoms with van der Waals surface area (Å²) in [5.74, 6) is 0. The van der Waals surface area contributed by atoms with Gasteiger partial charge in [-0.25, -0.2) is 0 Å². The van der Waals surface area contributed by atoms with Crippen LogP contribution in [0.25, 0.3) is 10.9 Å². The van der Waals surface area contributed by atoms with E-state index in [0.717, 1.165) is 17.4 Å². The first-order valence-electron chi connectivity index (χ1n) is 5.60. The van der Waals surface area contributed by atoms with Gasteiger partial charge in [0.1, 0.15) is 0 Å². The van der Waals surface area contributed by atoms with Crippen LogP contribution in [-0.4, -0.2) is 20.5 Å². The van der Waals surface area contributed by atoms with Crippen LogP contribution >= 0.6 is 0 Å². The fourth-order valence-electron chi connectivity index (χ4n) is 1.74. The van der Waals surface area contributed by atoms with Gasteiger partial charge >= 0.3 is 0 Å². The number of aliphatic hydroxyl groups is 1. The van der Waals surface area contributed by atoms with Crippen LogP contribution < -0.4 is 0 Å². The predicted octanol–water partition coefficient (Wildman–Crippen LogP) is 2.51. The Labute approximate surface area is 95.7 Å². The number of nitrogens with zero attached hydrogens (tertiary/aromatic N) is 2. The van der Waals surface area contributed by atoms with E-state index < -0.39 is 5.60 Å². The van der Waals surface area contributed by atoms with Gasteiger partial charge in [-0.05, 0) is 38.8 Å². The number of aromatic nitrogens is 2. The summed E-state index contributed by atoms with van der Waals surface area (Å²) in [5.41, 5.74) is 1.74. The summed E-state index contributed by atoms with van der Waals surface area (Å²) >= 11 is 0. The molecule has 3 nitrogen and oxygen atoms in total. The smallest absolute Gasteiger partial charge is 0.0685 e. The Hall–Kier alpha value is -1.35. The van der Waals surface area contributed by atoms with E-state index in [2.05, 4.69) is 30.2 Å². The summed E-state index contributed by atoms with van der Waals surface area (Å²) in [6.07, 6.45) is 2.58. The van der Waals surface area contributed by atoms with Gasteiger partial charge in [0.15, 0.2) is 0 Å². The van der Waals surface area contributed by atoms with Crippen LogP contribution in [-0.2, 0) is 6.54 Å². The zero-order chi connectivity index (χ0) is 11.8. The molecule has 0 spiro atoms. The molecule has 0 aliphatic carbocycles. The molecule has 0 fully saturated rings. The van der Waals surface area contributed by atoms with Crippen molar-refractivity contribution in [1.29, 1.82) is 0 Å². The van der Waals surface area contributed by atoms with Crippen molar-refractivity contribution in [2.45, 2.75) is 39.3 Å². The molecule has 0 saturated carbocycles. The van der Waals surface area contributed by atoms with Crippen molar-refractivity contribution >= 4 is 10.9 Å². The van der Waals surface area contributed by atoms with Gasteiger partial charge in [0.05, 0.1) is 17.3 Å². The molecule has 0 amide bonds. The van der Waals surface area contributed by atoms with Crippen molar-refractivity contribution in [2.75, 3.05) is 0 Å². The van der Waals surface area contributed by atoms with Crippen LogP contribution in [0.1, 0.15) is 25.8 Å². The van der Waals surface area contributed by atoms with E-state index in [1.54, 1.807) is 0 Å². The third kappa shape index (κ3) is 2.42. The van der Waals surface area contributed by atoms with E-state index in [-0.39, 0.29) is 0 Å². The molecule has 1 aromatic carbocycles. The van der Waals surface area contributed by atoms with Crippen LogP contribution in [0.15, 0.2) is 24.4 Å². The van der Waals surface area contributed by atoms with Crippen molar-refractivity contribution in [3.63, 3.8) is 0 Å². The Morgan fingerprint density at radius 2 is 2.12 bits per heavy atom. The minimum absolute atomic E-state index is 0.637. The molecule has 2 aromatic rings. The number of benzene rings is 1. The standard InChI is InChI=1S/C13H18N2O/c1-10-4-5-11-9-14-15(12(11)8-10)7-6-13(2,3)16/h4-5,8-9,16H,6-7H2,1-3H3. The molecule has 1 heterocycles. The van der Waals surface area contributed by atoms with Gasteiger partial charge in [-0.3, -0.25) is 4.68 Å². The molecule has 1 N–H and O–H groups in total. The predicted molar refractivity (Wildman–Crippen MR) is 65.4 cm³/mol. The van der Waals surface area contributed by atoms with Crippen LogP contribution in [0.2, 0.25) is 0 Å². The highest BCUT2D eigenvalue weighted by Crippen LogP contribution is 2.17. The summed E-state index contributed by atoms with van der Waals surface area (Å²) in [5, 5.41) is 15.2. The molecular formula is C13H18N2O. The van der Waals surface area contributed by atoms with Gasteiger partial charge in [-0.15, -0.1) is 0 Å². The molecule has 0 aliphatic rings. The molecule has 2 rings (SSSR count). The van der Waals surface area contributed by atoms with Crippen molar-refractivity contribution in [1.82, 2.24) is 9.78 Å². The first kappa shape index (κ1) is 11.1. The van der Waals surface area contributed by atoms with Crippen LogP contribution in [0.5, 0.6) is 0 Å². The summed E-state index contributed by atoms with van der Waals surface area (Å²) in [6.45, 7) is 6.47. The van der Waals surface area contributed by atoms with E-state index in [9.17, 15) is 5.11 Å². The van der Waals surface area contributed by atoms with Gasteiger partial charge in [0.2, 0.25) is 0 Å². The normalized spacial score (nSPS) is 12.2. The maximum atomic E-state index is 9.70. The van der Waals surface area contributed by atoms with E-state index in [0.29, 0.717) is 6.42 Å². The first-order valence-corrected chi connectivity index (χ1v) is 5.60. The van der Waals surface area contributed by atoms with Crippen molar-refractivity contribution in [2.24, 2.45) is 0 Å². The Morgan fingerprint density at radius 3 is 2.81 bits per heavy atom. The van der Waals surface area contributed by atoms with Crippen molar-refractivity contribution in [3.8, 4) is 0 Å². The van der Waals surface area contributed by atoms with Gasteiger partial charge in [0.25, 0.3) is 0 Å². The third-order valence-corrected chi connectivity index (χ3v) is 2.74. The van der Waals surface area contributed by atoms with Crippen molar-refractivity contribution in [3.05, 3.63) is 30.0 Å². The lowest BCUT2D eigenvalue weighted by molar-refractivity contribution is 0.0655. The van der Waals surface area contributed by atoms with Crippen LogP contribution in [0.4, 0.5) is 0 Å². The highest BCUT2D eigenvalue weighted by atomic mass is 16.3. The molecule has 0 unspecified atom stereocenters.